The maximum atomic E-state index is 12.8. The minimum atomic E-state index is 0.0872. The van der Waals surface area contributed by atoms with E-state index in [2.05, 4.69) is 66.6 Å². The average molecular weight is 531 g/mol. The zero-order valence-corrected chi connectivity index (χ0v) is 23.0. The van der Waals surface area contributed by atoms with Gasteiger partial charge in [-0.1, -0.05) is 36.8 Å². The van der Waals surface area contributed by atoms with E-state index in [4.69, 9.17) is 5.10 Å². The highest BCUT2D eigenvalue weighted by atomic mass is 16.1. The number of carbonyl (C=O) groups is 1. The molecule has 3 aliphatic rings. The number of hydrogen-bond acceptors (Lipinski definition) is 7. The minimum Gasteiger partial charge on any atom is -0.355 e. The van der Waals surface area contributed by atoms with Crippen molar-refractivity contribution in [2.75, 3.05) is 44.2 Å². The van der Waals surface area contributed by atoms with Gasteiger partial charge in [0.15, 0.2) is 11.5 Å². The second-order valence-corrected chi connectivity index (χ2v) is 11.5. The van der Waals surface area contributed by atoms with Gasteiger partial charge in [0.25, 0.3) is 0 Å². The number of aromatic nitrogens is 4. The van der Waals surface area contributed by atoms with E-state index in [9.17, 15) is 4.79 Å². The summed E-state index contributed by atoms with van der Waals surface area (Å²) in [6.45, 7) is 7.59. The first-order valence-electron chi connectivity index (χ1n) is 15.0. The van der Waals surface area contributed by atoms with Crippen LogP contribution in [0.5, 0.6) is 0 Å². The molecule has 0 aliphatic carbocycles. The maximum Gasteiger partial charge on any atom is 0.220 e. The number of rotatable bonds is 8. The van der Waals surface area contributed by atoms with E-state index in [1.54, 1.807) is 0 Å². The number of aryl methyl sites for hydroxylation is 1. The molecule has 3 saturated heterocycles. The molecule has 3 aromatic rings. The third-order valence-electron chi connectivity index (χ3n) is 8.79. The van der Waals surface area contributed by atoms with E-state index < -0.39 is 0 Å². The molecule has 0 atom stereocenters. The Morgan fingerprint density at radius 1 is 0.846 bits per heavy atom. The van der Waals surface area contributed by atoms with Crippen LogP contribution < -0.4 is 10.2 Å². The lowest BCUT2D eigenvalue weighted by Crippen LogP contribution is -2.47. The predicted molar refractivity (Wildman–Crippen MR) is 153 cm³/mol. The van der Waals surface area contributed by atoms with Crippen molar-refractivity contribution in [3.63, 3.8) is 0 Å². The number of carbonyl (C=O) groups excluding carboxylic acids is 1. The normalized spacial score (nSPS) is 20.5. The number of amides is 1. The summed E-state index contributed by atoms with van der Waals surface area (Å²) in [7, 11) is 0. The first-order valence-corrected chi connectivity index (χ1v) is 15.0. The summed E-state index contributed by atoms with van der Waals surface area (Å²) < 4.78 is 1.83. The highest BCUT2D eigenvalue weighted by Gasteiger charge is 2.26. The lowest BCUT2D eigenvalue weighted by Gasteiger charge is -2.40. The number of likely N-dealkylation sites (tertiary alicyclic amines) is 2. The van der Waals surface area contributed by atoms with Gasteiger partial charge in [-0.3, -0.25) is 9.69 Å². The Balaban J connectivity index is 0.977. The summed E-state index contributed by atoms with van der Waals surface area (Å²) in [5, 5.41) is 16.8. The molecule has 9 heteroatoms. The summed E-state index contributed by atoms with van der Waals surface area (Å²) in [5.41, 5.74) is 2.09. The fourth-order valence-corrected chi connectivity index (χ4v) is 6.49. The zero-order chi connectivity index (χ0) is 26.4. The van der Waals surface area contributed by atoms with Gasteiger partial charge >= 0.3 is 0 Å². The number of fused-ring (bicyclic) bond motifs is 1. The maximum absolute atomic E-state index is 12.8. The van der Waals surface area contributed by atoms with Gasteiger partial charge in [0.2, 0.25) is 5.91 Å². The van der Waals surface area contributed by atoms with Crippen LogP contribution in [0.15, 0.2) is 42.5 Å². The number of nitrogens with zero attached hydrogens (tertiary/aromatic N) is 7. The standard InChI is InChI=1S/C30H42N8O/c39-30(31-25-13-19-35(20-14-25)23-24-7-3-1-4-8-24)12-11-28-33-32-27-9-10-29(34-38(27)28)37-21-15-26(16-22-37)36-17-5-2-6-18-36/h1,3-4,7-10,25-26H,2,5-6,11-23H2,(H,31,39). The van der Waals surface area contributed by atoms with E-state index in [1.165, 1.54) is 50.8 Å². The van der Waals surface area contributed by atoms with Gasteiger partial charge in [0.05, 0.1) is 0 Å². The minimum absolute atomic E-state index is 0.0872. The first-order chi connectivity index (χ1) is 19.2. The van der Waals surface area contributed by atoms with Crippen molar-refractivity contribution >= 4 is 17.4 Å². The second-order valence-electron chi connectivity index (χ2n) is 11.5. The molecule has 2 aromatic heterocycles. The highest BCUT2D eigenvalue weighted by molar-refractivity contribution is 5.76. The van der Waals surface area contributed by atoms with Crippen molar-refractivity contribution < 1.29 is 4.79 Å². The summed E-state index contributed by atoms with van der Waals surface area (Å²) in [5.74, 6) is 1.82. The Bertz CT molecular complexity index is 1210. The summed E-state index contributed by atoms with van der Waals surface area (Å²) in [4.78, 5) is 20.3. The first kappa shape index (κ1) is 26.2. The van der Waals surface area contributed by atoms with Crippen LogP contribution in [0.3, 0.4) is 0 Å². The molecule has 3 fully saturated rings. The molecule has 6 rings (SSSR count). The number of hydrogen-bond donors (Lipinski definition) is 1. The molecule has 1 amide bonds. The van der Waals surface area contributed by atoms with Gasteiger partial charge in [0, 0.05) is 57.6 Å². The molecule has 39 heavy (non-hydrogen) atoms. The average Bonchev–Trinajstić information content (AvgIpc) is 3.40. The summed E-state index contributed by atoms with van der Waals surface area (Å²) in [6, 6.07) is 15.6. The molecule has 9 nitrogen and oxygen atoms in total. The predicted octanol–water partition coefficient (Wildman–Crippen LogP) is 3.29. The van der Waals surface area contributed by atoms with Crippen molar-refractivity contribution in [1.29, 1.82) is 0 Å². The van der Waals surface area contributed by atoms with Gasteiger partial charge in [-0.2, -0.15) is 4.52 Å². The number of benzene rings is 1. The van der Waals surface area contributed by atoms with E-state index >= 15 is 0 Å². The van der Waals surface area contributed by atoms with Crippen LogP contribution in [0.25, 0.3) is 5.65 Å². The van der Waals surface area contributed by atoms with E-state index in [1.807, 2.05) is 10.6 Å². The monoisotopic (exact) mass is 530 g/mol. The molecule has 0 bridgehead atoms. The molecule has 208 valence electrons. The van der Waals surface area contributed by atoms with Crippen molar-refractivity contribution in [2.24, 2.45) is 0 Å². The van der Waals surface area contributed by atoms with E-state index in [0.29, 0.717) is 18.9 Å². The van der Waals surface area contributed by atoms with Crippen molar-refractivity contribution in [3.05, 3.63) is 53.9 Å². The molecule has 0 saturated carbocycles. The van der Waals surface area contributed by atoms with Gasteiger partial charge in [-0.15, -0.1) is 15.3 Å². The molecule has 0 spiro atoms. The summed E-state index contributed by atoms with van der Waals surface area (Å²) in [6.07, 6.45) is 9.39. The number of piperidine rings is 3. The Labute approximate surface area is 231 Å². The second kappa shape index (κ2) is 12.4. The molecule has 5 heterocycles. The number of anilines is 1. The molecule has 0 radical (unpaired) electrons. The van der Waals surface area contributed by atoms with Crippen molar-refractivity contribution in [3.8, 4) is 0 Å². The lowest BCUT2D eigenvalue weighted by atomic mass is 10.00. The van der Waals surface area contributed by atoms with Gasteiger partial charge in [0.1, 0.15) is 5.82 Å². The smallest absolute Gasteiger partial charge is 0.220 e. The molecular formula is C30H42N8O. The van der Waals surface area contributed by atoms with Crippen LogP contribution in [0.1, 0.15) is 62.8 Å². The SMILES string of the molecule is O=C(CCc1nnc2ccc(N3CCC(N4CCCCC4)CC3)nn12)NC1CCN(Cc2ccccc2)CC1. The topological polar surface area (TPSA) is 81.9 Å². The van der Waals surface area contributed by atoms with Crippen LogP contribution in [0.4, 0.5) is 5.82 Å². The van der Waals surface area contributed by atoms with E-state index in [0.717, 1.165) is 62.9 Å². The van der Waals surface area contributed by atoms with Crippen LogP contribution in [-0.4, -0.2) is 86.9 Å². The molecule has 1 aromatic carbocycles. The van der Waals surface area contributed by atoms with Gasteiger partial charge in [-0.25, -0.2) is 0 Å². The quantitative estimate of drug-likeness (QED) is 0.479. The summed E-state index contributed by atoms with van der Waals surface area (Å²) >= 11 is 0. The molecule has 3 aliphatic heterocycles. The third-order valence-corrected chi connectivity index (χ3v) is 8.79. The molecule has 0 unspecified atom stereocenters. The largest absolute Gasteiger partial charge is 0.355 e. The van der Waals surface area contributed by atoms with Crippen LogP contribution >= 0.6 is 0 Å². The van der Waals surface area contributed by atoms with Gasteiger partial charge in [-0.05, 0) is 69.3 Å². The van der Waals surface area contributed by atoms with E-state index in [-0.39, 0.29) is 11.9 Å². The Morgan fingerprint density at radius 3 is 2.38 bits per heavy atom. The van der Waals surface area contributed by atoms with Crippen LogP contribution in [-0.2, 0) is 17.8 Å². The number of nitrogens with one attached hydrogen (secondary N) is 1. The molecular weight excluding hydrogens is 488 g/mol. The van der Waals surface area contributed by atoms with Crippen molar-refractivity contribution in [2.45, 2.75) is 76.4 Å². The zero-order valence-electron chi connectivity index (χ0n) is 23.0. The fourth-order valence-electron chi connectivity index (χ4n) is 6.49. The third kappa shape index (κ3) is 6.58. The Hall–Kier alpha value is -3.04. The van der Waals surface area contributed by atoms with Crippen LogP contribution in [0.2, 0.25) is 0 Å². The lowest BCUT2D eigenvalue weighted by molar-refractivity contribution is -0.122. The Kier molecular flexibility index (Phi) is 8.35. The molecule has 1 N–H and O–H groups in total. The van der Waals surface area contributed by atoms with Gasteiger partial charge < -0.3 is 15.1 Å². The fraction of sp³-hybridized carbons (Fsp3) is 0.600. The Morgan fingerprint density at radius 2 is 1.62 bits per heavy atom. The van der Waals surface area contributed by atoms with Crippen molar-refractivity contribution in [1.82, 2.24) is 34.9 Å². The highest BCUT2D eigenvalue weighted by Crippen LogP contribution is 2.24. The van der Waals surface area contributed by atoms with Crippen LogP contribution in [0, 0.1) is 0 Å².